The molecule has 0 aliphatic carbocycles. The highest BCUT2D eigenvalue weighted by Crippen LogP contribution is 2.38. The maximum Gasteiger partial charge on any atom is 0.133 e. The topological polar surface area (TPSA) is 27.7 Å². The van der Waals surface area contributed by atoms with Gasteiger partial charge in [0.1, 0.15) is 17.2 Å². The fourth-order valence-corrected chi connectivity index (χ4v) is 1.54. The first-order valence-corrected chi connectivity index (χ1v) is 5.11. The first kappa shape index (κ1) is 12.4. The van der Waals surface area contributed by atoms with Crippen molar-refractivity contribution < 1.29 is 14.2 Å². The van der Waals surface area contributed by atoms with E-state index < -0.39 is 0 Å². The van der Waals surface area contributed by atoms with Crippen molar-refractivity contribution in [2.24, 2.45) is 0 Å². The Morgan fingerprint density at radius 3 is 1.81 bits per heavy atom. The molecule has 0 aromatic heterocycles. The van der Waals surface area contributed by atoms with E-state index >= 15 is 0 Å². The molecular weight excluding hydrogens is 204 g/mol. The van der Waals surface area contributed by atoms with Crippen molar-refractivity contribution >= 4 is 5.57 Å². The van der Waals surface area contributed by atoms with Gasteiger partial charge >= 0.3 is 0 Å². The predicted octanol–water partition coefficient (Wildman–Crippen LogP) is 3.14. The lowest BCUT2D eigenvalue weighted by Crippen LogP contribution is -1.96. The van der Waals surface area contributed by atoms with Gasteiger partial charge in [-0.1, -0.05) is 6.08 Å². The summed E-state index contributed by atoms with van der Waals surface area (Å²) >= 11 is 0. The number of benzene rings is 1. The van der Waals surface area contributed by atoms with Crippen molar-refractivity contribution in [2.75, 3.05) is 21.3 Å². The third-order valence-corrected chi connectivity index (χ3v) is 2.54. The second-order valence-corrected chi connectivity index (χ2v) is 3.38. The van der Waals surface area contributed by atoms with Crippen LogP contribution in [0.2, 0.25) is 0 Å². The third kappa shape index (κ3) is 2.30. The van der Waals surface area contributed by atoms with Gasteiger partial charge in [-0.25, -0.2) is 0 Å². The number of hydrogen-bond acceptors (Lipinski definition) is 3. The van der Waals surface area contributed by atoms with Gasteiger partial charge in [-0.05, 0) is 19.4 Å². The van der Waals surface area contributed by atoms with Crippen LogP contribution in [0.5, 0.6) is 17.2 Å². The van der Waals surface area contributed by atoms with E-state index in [0.29, 0.717) is 0 Å². The van der Waals surface area contributed by atoms with Gasteiger partial charge in [0.25, 0.3) is 0 Å². The van der Waals surface area contributed by atoms with Gasteiger partial charge in [-0.3, -0.25) is 0 Å². The number of rotatable bonds is 4. The van der Waals surface area contributed by atoms with Gasteiger partial charge in [-0.15, -0.1) is 0 Å². The molecule has 0 aliphatic rings. The quantitative estimate of drug-likeness (QED) is 0.783. The van der Waals surface area contributed by atoms with Crippen LogP contribution in [0.4, 0.5) is 0 Å². The molecule has 0 atom stereocenters. The Morgan fingerprint density at radius 2 is 1.50 bits per heavy atom. The van der Waals surface area contributed by atoms with Crippen LogP contribution in [0.1, 0.15) is 19.4 Å². The molecule has 0 unspecified atom stereocenters. The van der Waals surface area contributed by atoms with Crippen LogP contribution in [-0.2, 0) is 0 Å². The van der Waals surface area contributed by atoms with Crippen molar-refractivity contribution in [3.63, 3.8) is 0 Å². The van der Waals surface area contributed by atoms with Crippen LogP contribution in [0.25, 0.3) is 5.57 Å². The van der Waals surface area contributed by atoms with E-state index in [2.05, 4.69) is 0 Å². The van der Waals surface area contributed by atoms with Crippen molar-refractivity contribution in [1.29, 1.82) is 0 Å². The van der Waals surface area contributed by atoms with Crippen molar-refractivity contribution in [1.82, 2.24) is 0 Å². The molecule has 0 amide bonds. The SMILES string of the molecule is CC=C(C)c1c(OC)cc(OC)cc1OC. The first-order chi connectivity index (χ1) is 7.67. The fourth-order valence-electron chi connectivity index (χ4n) is 1.54. The summed E-state index contributed by atoms with van der Waals surface area (Å²) in [5.41, 5.74) is 2.07. The maximum atomic E-state index is 5.35. The number of methoxy groups -OCH3 is 3. The molecule has 3 nitrogen and oxygen atoms in total. The zero-order valence-corrected chi connectivity index (χ0v) is 10.5. The average Bonchev–Trinajstić information content (AvgIpc) is 2.35. The van der Waals surface area contributed by atoms with Gasteiger partial charge in [0.2, 0.25) is 0 Å². The van der Waals surface area contributed by atoms with E-state index in [0.717, 1.165) is 28.4 Å². The van der Waals surface area contributed by atoms with Crippen LogP contribution in [0.15, 0.2) is 18.2 Å². The minimum atomic E-state index is 0.723. The second kappa shape index (κ2) is 5.45. The Hall–Kier alpha value is -1.64. The summed E-state index contributed by atoms with van der Waals surface area (Å²) in [6.07, 6.45) is 2.02. The molecule has 0 spiro atoms. The van der Waals surface area contributed by atoms with E-state index in [1.165, 1.54) is 0 Å². The molecule has 0 heterocycles. The van der Waals surface area contributed by atoms with Crippen molar-refractivity contribution in [3.05, 3.63) is 23.8 Å². The summed E-state index contributed by atoms with van der Waals surface area (Å²) in [6, 6.07) is 3.70. The monoisotopic (exact) mass is 222 g/mol. The lowest BCUT2D eigenvalue weighted by molar-refractivity contribution is 0.373. The van der Waals surface area contributed by atoms with Crippen LogP contribution in [0.3, 0.4) is 0 Å². The Kier molecular flexibility index (Phi) is 4.23. The largest absolute Gasteiger partial charge is 0.496 e. The molecule has 1 aromatic rings. The van der Waals surface area contributed by atoms with Gasteiger partial charge in [0.15, 0.2) is 0 Å². The Labute approximate surface area is 96.6 Å². The lowest BCUT2D eigenvalue weighted by Gasteiger charge is -2.15. The molecule has 1 aromatic carbocycles. The summed E-state index contributed by atoms with van der Waals surface area (Å²) in [5.74, 6) is 2.24. The first-order valence-electron chi connectivity index (χ1n) is 5.11. The zero-order valence-electron chi connectivity index (χ0n) is 10.5. The van der Waals surface area contributed by atoms with E-state index in [-0.39, 0.29) is 0 Å². The molecular formula is C13H18O3. The molecule has 0 saturated heterocycles. The normalized spacial score (nSPS) is 11.2. The molecule has 0 N–H and O–H groups in total. The fraction of sp³-hybridized carbons (Fsp3) is 0.385. The van der Waals surface area contributed by atoms with Crippen LogP contribution < -0.4 is 14.2 Å². The van der Waals surface area contributed by atoms with Crippen LogP contribution in [-0.4, -0.2) is 21.3 Å². The van der Waals surface area contributed by atoms with Gasteiger partial charge < -0.3 is 14.2 Å². The van der Waals surface area contributed by atoms with Gasteiger partial charge in [0, 0.05) is 12.1 Å². The van der Waals surface area contributed by atoms with Gasteiger partial charge in [-0.2, -0.15) is 0 Å². The standard InChI is InChI=1S/C13H18O3/c1-6-9(2)13-11(15-4)7-10(14-3)8-12(13)16-5/h6-8H,1-5H3. The lowest BCUT2D eigenvalue weighted by atomic mass is 10.0. The molecule has 88 valence electrons. The Bertz CT molecular complexity index is 369. The van der Waals surface area contributed by atoms with Crippen molar-refractivity contribution in [3.8, 4) is 17.2 Å². The van der Waals surface area contributed by atoms with Crippen molar-refractivity contribution in [2.45, 2.75) is 13.8 Å². The maximum absolute atomic E-state index is 5.35. The Morgan fingerprint density at radius 1 is 1.00 bits per heavy atom. The molecule has 0 aliphatic heterocycles. The third-order valence-electron chi connectivity index (χ3n) is 2.54. The zero-order chi connectivity index (χ0) is 12.1. The Balaban J connectivity index is 3.43. The van der Waals surface area contributed by atoms with Gasteiger partial charge in [0.05, 0.1) is 26.9 Å². The molecule has 3 heteroatoms. The number of ether oxygens (including phenoxy) is 3. The smallest absolute Gasteiger partial charge is 0.133 e. The predicted molar refractivity (Wildman–Crippen MR) is 65.4 cm³/mol. The van der Waals surface area contributed by atoms with E-state index in [1.807, 2.05) is 32.1 Å². The van der Waals surface area contributed by atoms with E-state index in [9.17, 15) is 0 Å². The molecule has 0 fully saturated rings. The summed E-state index contributed by atoms with van der Waals surface area (Å²) in [6.45, 7) is 4.01. The highest BCUT2D eigenvalue weighted by molar-refractivity contribution is 5.75. The molecule has 0 bridgehead atoms. The number of hydrogen-bond donors (Lipinski definition) is 0. The highest BCUT2D eigenvalue weighted by atomic mass is 16.5. The second-order valence-electron chi connectivity index (χ2n) is 3.38. The molecule has 0 saturated carbocycles. The highest BCUT2D eigenvalue weighted by Gasteiger charge is 2.13. The summed E-state index contributed by atoms with van der Waals surface area (Å²) in [5, 5.41) is 0. The minimum Gasteiger partial charge on any atom is -0.496 e. The average molecular weight is 222 g/mol. The molecule has 1 rings (SSSR count). The van der Waals surface area contributed by atoms with Crippen LogP contribution >= 0.6 is 0 Å². The number of allylic oxidation sites excluding steroid dienone is 2. The summed E-state index contributed by atoms with van der Waals surface area (Å²) in [7, 11) is 4.90. The summed E-state index contributed by atoms with van der Waals surface area (Å²) in [4.78, 5) is 0. The minimum absolute atomic E-state index is 0.723. The summed E-state index contributed by atoms with van der Waals surface area (Å²) < 4.78 is 15.9. The van der Waals surface area contributed by atoms with E-state index in [1.54, 1.807) is 21.3 Å². The molecule has 0 radical (unpaired) electrons. The van der Waals surface area contributed by atoms with E-state index in [4.69, 9.17) is 14.2 Å². The molecule has 16 heavy (non-hydrogen) atoms. The van der Waals surface area contributed by atoms with Crippen LogP contribution in [0, 0.1) is 0 Å².